The molecule has 0 bridgehead atoms. The highest BCUT2D eigenvalue weighted by atomic mass is 19.1. The quantitative estimate of drug-likeness (QED) is 0.780. The zero-order chi connectivity index (χ0) is 11.6. The zero-order valence-corrected chi connectivity index (χ0v) is 9.29. The lowest BCUT2D eigenvalue weighted by Crippen LogP contribution is -2.43. The van der Waals surface area contributed by atoms with Gasteiger partial charge in [-0.25, -0.2) is 4.98 Å². The molecule has 86 valence electrons. The molecule has 1 N–H and O–H groups in total. The van der Waals surface area contributed by atoms with Gasteiger partial charge >= 0.3 is 0 Å². The van der Waals surface area contributed by atoms with Crippen LogP contribution in [0.1, 0.15) is 43.0 Å². The van der Waals surface area contributed by atoms with E-state index in [0.29, 0.717) is 5.56 Å². The number of aromatic nitrogens is 1. The van der Waals surface area contributed by atoms with Crippen LogP contribution in [0.2, 0.25) is 0 Å². The molecule has 1 aliphatic rings. The van der Waals surface area contributed by atoms with Crippen molar-refractivity contribution in [2.75, 3.05) is 0 Å². The number of carbonyl (C=O) groups is 1. The van der Waals surface area contributed by atoms with E-state index in [4.69, 9.17) is 0 Å². The van der Waals surface area contributed by atoms with Gasteiger partial charge in [-0.1, -0.05) is 12.8 Å². The summed E-state index contributed by atoms with van der Waals surface area (Å²) in [6, 6.07) is 2.65. The molecule has 16 heavy (non-hydrogen) atoms. The summed E-state index contributed by atoms with van der Waals surface area (Å²) in [7, 11) is 0. The summed E-state index contributed by atoms with van der Waals surface area (Å²) in [6.07, 6.45) is 5.58. The molecule has 3 nitrogen and oxygen atoms in total. The Morgan fingerprint density at radius 1 is 1.44 bits per heavy atom. The van der Waals surface area contributed by atoms with Crippen molar-refractivity contribution in [3.05, 3.63) is 29.8 Å². The summed E-state index contributed by atoms with van der Waals surface area (Å²) in [5, 5.41) is 2.99. The molecule has 2 rings (SSSR count). The number of rotatable bonds is 2. The lowest BCUT2D eigenvalue weighted by atomic mass is 10.0. The largest absolute Gasteiger partial charge is 0.347 e. The predicted octanol–water partition coefficient (Wildman–Crippen LogP) is 2.28. The predicted molar refractivity (Wildman–Crippen MR) is 58.5 cm³/mol. The monoisotopic (exact) mass is 222 g/mol. The Morgan fingerprint density at radius 2 is 2.12 bits per heavy atom. The van der Waals surface area contributed by atoms with Gasteiger partial charge in [0.1, 0.15) is 0 Å². The molecule has 0 saturated heterocycles. The van der Waals surface area contributed by atoms with Crippen LogP contribution in [-0.4, -0.2) is 16.4 Å². The second-order valence-corrected chi connectivity index (χ2v) is 4.59. The molecule has 1 saturated carbocycles. The molecule has 0 radical (unpaired) electrons. The van der Waals surface area contributed by atoms with Crippen LogP contribution in [0.15, 0.2) is 18.3 Å². The lowest BCUT2D eigenvalue weighted by molar-refractivity contribution is 0.0907. The molecule has 1 aromatic rings. The van der Waals surface area contributed by atoms with E-state index >= 15 is 0 Å². The summed E-state index contributed by atoms with van der Waals surface area (Å²) < 4.78 is 12.6. The number of carbonyl (C=O) groups excluding carboxylic acids is 1. The molecule has 1 fully saturated rings. The van der Waals surface area contributed by atoms with Gasteiger partial charge in [-0.3, -0.25) is 4.79 Å². The average Bonchev–Trinajstić information content (AvgIpc) is 2.65. The Bertz CT molecular complexity index is 383. The van der Waals surface area contributed by atoms with E-state index in [1.807, 2.05) is 0 Å². The molecule has 0 aliphatic heterocycles. The fourth-order valence-electron chi connectivity index (χ4n) is 2.14. The molecule has 0 atom stereocenters. The molecule has 1 aliphatic carbocycles. The summed E-state index contributed by atoms with van der Waals surface area (Å²) in [5.41, 5.74) is 0.306. The summed E-state index contributed by atoms with van der Waals surface area (Å²) >= 11 is 0. The summed E-state index contributed by atoms with van der Waals surface area (Å²) in [5.74, 6) is -0.736. The van der Waals surface area contributed by atoms with Crippen LogP contribution in [0, 0.1) is 5.95 Å². The molecule has 0 spiro atoms. The highest BCUT2D eigenvalue weighted by molar-refractivity contribution is 5.94. The van der Waals surface area contributed by atoms with Gasteiger partial charge < -0.3 is 5.32 Å². The first-order valence-electron chi connectivity index (χ1n) is 5.53. The fraction of sp³-hybridized carbons (Fsp3) is 0.500. The summed E-state index contributed by atoms with van der Waals surface area (Å²) in [6.45, 7) is 2.05. The minimum Gasteiger partial charge on any atom is -0.347 e. The van der Waals surface area contributed by atoms with Crippen molar-refractivity contribution >= 4 is 5.91 Å². The van der Waals surface area contributed by atoms with Crippen molar-refractivity contribution in [1.82, 2.24) is 10.3 Å². The third kappa shape index (κ3) is 2.38. The van der Waals surface area contributed by atoms with Gasteiger partial charge in [-0.05, 0) is 31.9 Å². The van der Waals surface area contributed by atoms with E-state index in [-0.39, 0.29) is 11.4 Å². The van der Waals surface area contributed by atoms with Gasteiger partial charge in [0.05, 0.1) is 5.56 Å². The molecule has 1 heterocycles. The molecule has 1 amide bonds. The van der Waals surface area contributed by atoms with Gasteiger partial charge in [0.15, 0.2) is 0 Å². The average molecular weight is 222 g/mol. The molecular weight excluding hydrogens is 207 g/mol. The summed E-state index contributed by atoms with van der Waals surface area (Å²) in [4.78, 5) is 15.3. The van der Waals surface area contributed by atoms with Crippen LogP contribution in [0.3, 0.4) is 0 Å². The van der Waals surface area contributed by atoms with Crippen molar-refractivity contribution in [1.29, 1.82) is 0 Å². The van der Waals surface area contributed by atoms with Crippen molar-refractivity contribution < 1.29 is 9.18 Å². The minimum absolute atomic E-state index is 0.106. The fourth-order valence-corrected chi connectivity index (χ4v) is 2.14. The number of halogens is 1. The van der Waals surface area contributed by atoms with Crippen LogP contribution >= 0.6 is 0 Å². The lowest BCUT2D eigenvalue weighted by Gasteiger charge is -2.25. The van der Waals surface area contributed by atoms with Crippen LogP contribution in [0.5, 0.6) is 0 Å². The van der Waals surface area contributed by atoms with E-state index in [1.54, 1.807) is 0 Å². The van der Waals surface area contributed by atoms with Crippen LogP contribution in [-0.2, 0) is 0 Å². The van der Waals surface area contributed by atoms with Gasteiger partial charge in [0.25, 0.3) is 5.91 Å². The first-order valence-corrected chi connectivity index (χ1v) is 5.53. The van der Waals surface area contributed by atoms with Gasteiger partial charge in [-0.2, -0.15) is 4.39 Å². The standard InChI is InChI=1S/C12H15FN2O/c1-12(6-2-3-7-12)15-11(16)9-4-5-10(13)14-8-9/h4-5,8H,2-3,6-7H2,1H3,(H,15,16). The Hall–Kier alpha value is -1.45. The third-order valence-electron chi connectivity index (χ3n) is 3.11. The molecular formula is C12H15FN2O. The van der Waals surface area contributed by atoms with E-state index in [1.165, 1.54) is 18.3 Å². The Labute approximate surface area is 94.1 Å². The van der Waals surface area contributed by atoms with E-state index in [2.05, 4.69) is 17.2 Å². The van der Waals surface area contributed by atoms with Crippen LogP contribution in [0.25, 0.3) is 0 Å². The van der Waals surface area contributed by atoms with Crippen molar-refractivity contribution in [2.45, 2.75) is 38.1 Å². The van der Waals surface area contributed by atoms with E-state index in [9.17, 15) is 9.18 Å². The topological polar surface area (TPSA) is 42.0 Å². The Balaban J connectivity index is 2.05. The second kappa shape index (κ2) is 4.20. The maximum absolute atomic E-state index is 12.6. The number of amides is 1. The number of hydrogen-bond donors (Lipinski definition) is 1. The molecule has 1 aromatic heterocycles. The number of hydrogen-bond acceptors (Lipinski definition) is 2. The van der Waals surface area contributed by atoms with Crippen LogP contribution < -0.4 is 5.32 Å². The minimum atomic E-state index is -0.566. The molecule has 0 aromatic carbocycles. The first kappa shape index (κ1) is 11.0. The second-order valence-electron chi connectivity index (χ2n) is 4.59. The van der Waals surface area contributed by atoms with E-state index in [0.717, 1.165) is 25.7 Å². The zero-order valence-electron chi connectivity index (χ0n) is 9.29. The molecule has 0 unspecified atom stereocenters. The van der Waals surface area contributed by atoms with Gasteiger partial charge in [0.2, 0.25) is 5.95 Å². The first-order chi connectivity index (χ1) is 7.59. The normalized spacial score (nSPS) is 18.4. The van der Waals surface area contributed by atoms with Crippen molar-refractivity contribution in [3.8, 4) is 0 Å². The van der Waals surface area contributed by atoms with Gasteiger partial charge in [-0.15, -0.1) is 0 Å². The van der Waals surface area contributed by atoms with Crippen molar-refractivity contribution in [3.63, 3.8) is 0 Å². The highest BCUT2D eigenvalue weighted by Crippen LogP contribution is 2.29. The Kier molecular flexibility index (Phi) is 2.90. The van der Waals surface area contributed by atoms with Crippen molar-refractivity contribution in [2.24, 2.45) is 0 Å². The van der Waals surface area contributed by atoms with Gasteiger partial charge in [0, 0.05) is 11.7 Å². The number of nitrogens with zero attached hydrogens (tertiary/aromatic N) is 1. The number of pyridine rings is 1. The third-order valence-corrected chi connectivity index (χ3v) is 3.11. The van der Waals surface area contributed by atoms with E-state index < -0.39 is 5.95 Å². The SMILES string of the molecule is CC1(NC(=O)c2ccc(F)nc2)CCCC1. The molecule has 4 heteroatoms. The van der Waals surface area contributed by atoms with Crippen LogP contribution in [0.4, 0.5) is 4.39 Å². The maximum Gasteiger partial charge on any atom is 0.253 e. The Morgan fingerprint density at radius 3 is 2.69 bits per heavy atom. The highest BCUT2D eigenvalue weighted by Gasteiger charge is 2.30. The number of nitrogens with one attached hydrogen (secondary N) is 1. The smallest absolute Gasteiger partial charge is 0.253 e. The maximum atomic E-state index is 12.6.